The van der Waals surface area contributed by atoms with Crippen LogP contribution in [-0.4, -0.2) is 20.9 Å². The molecule has 3 aromatic rings. The van der Waals surface area contributed by atoms with Crippen LogP contribution in [0.1, 0.15) is 39.7 Å². The van der Waals surface area contributed by atoms with Crippen LogP contribution in [0.4, 0.5) is 13.2 Å². The molecule has 4 nitrogen and oxygen atoms in total. The van der Waals surface area contributed by atoms with Crippen molar-refractivity contribution in [3.8, 4) is 0 Å². The summed E-state index contributed by atoms with van der Waals surface area (Å²) < 4.78 is 39.6. The van der Waals surface area contributed by atoms with Gasteiger partial charge in [-0.15, -0.1) is 0 Å². The van der Waals surface area contributed by atoms with Gasteiger partial charge in [0.1, 0.15) is 0 Å². The van der Waals surface area contributed by atoms with Crippen molar-refractivity contribution in [2.75, 3.05) is 0 Å². The molecule has 2 aromatic carbocycles. The quantitative estimate of drug-likeness (QED) is 0.734. The molecule has 0 aliphatic heterocycles. The van der Waals surface area contributed by atoms with Gasteiger partial charge in [0.25, 0.3) is 0 Å². The monoisotopic (exact) mass is 362 g/mol. The Balaban J connectivity index is 2.11. The van der Waals surface area contributed by atoms with Gasteiger partial charge in [0.15, 0.2) is 5.69 Å². The summed E-state index contributed by atoms with van der Waals surface area (Å²) in [7, 11) is 0. The van der Waals surface area contributed by atoms with E-state index in [-0.39, 0.29) is 5.69 Å². The summed E-state index contributed by atoms with van der Waals surface area (Å²) in [4.78, 5) is 11.7. The number of rotatable bonds is 4. The van der Waals surface area contributed by atoms with E-state index in [1.165, 1.54) is 16.8 Å². The van der Waals surface area contributed by atoms with Crippen molar-refractivity contribution in [3.63, 3.8) is 0 Å². The Morgan fingerprint density at radius 2 is 1.81 bits per heavy atom. The number of aromatic nitrogens is 2. The van der Waals surface area contributed by atoms with Crippen LogP contribution in [0.5, 0.6) is 0 Å². The highest BCUT2D eigenvalue weighted by molar-refractivity contribution is 6.03. The lowest BCUT2D eigenvalue weighted by Crippen LogP contribution is -2.09. The number of carboxylic acid groups (broad SMARTS) is 1. The Kier molecular flexibility index (Phi) is 4.48. The number of aromatic carboxylic acids is 1. The summed E-state index contributed by atoms with van der Waals surface area (Å²) in [6, 6.07) is 8.54. The highest BCUT2D eigenvalue weighted by Crippen LogP contribution is 2.31. The van der Waals surface area contributed by atoms with Gasteiger partial charge >= 0.3 is 12.1 Å². The number of carboxylic acids is 1. The molecule has 0 saturated heterocycles. The van der Waals surface area contributed by atoms with Crippen LogP contribution in [0, 0.1) is 6.92 Å². The van der Waals surface area contributed by atoms with E-state index in [0.29, 0.717) is 29.4 Å². The third-order valence-electron chi connectivity index (χ3n) is 4.41. The molecule has 0 radical (unpaired) electrons. The molecule has 0 aliphatic carbocycles. The lowest BCUT2D eigenvalue weighted by atomic mass is 9.95. The maximum Gasteiger partial charge on any atom is 0.416 e. The highest BCUT2D eigenvalue weighted by atomic mass is 19.4. The van der Waals surface area contributed by atoms with E-state index in [2.05, 4.69) is 5.10 Å². The zero-order chi connectivity index (χ0) is 19.1. The number of alkyl halides is 3. The number of aryl methyl sites for hydroxylation is 2. The van der Waals surface area contributed by atoms with Crippen LogP contribution >= 0.6 is 0 Å². The average molecular weight is 362 g/mol. The van der Waals surface area contributed by atoms with Gasteiger partial charge in [-0.05, 0) is 55.2 Å². The topological polar surface area (TPSA) is 55.1 Å². The van der Waals surface area contributed by atoms with Crippen LogP contribution in [0.15, 0.2) is 36.4 Å². The molecule has 0 atom stereocenters. The fourth-order valence-electron chi connectivity index (χ4n) is 3.09. The molecule has 0 fully saturated rings. The first-order chi connectivity index (χ1) is 12.2. The minimum absolute atomic E-state index is 0.105. The molecule has 0 aliphatic rings. The van der Waals surface area contributed by atoms with Gasteiger partial charge in [0, 0.05) is 11.9 Å². The molecule has 7 heteroatoms. The van der Waals surface area contributed by atoms with Gasteiger partial charge in [-0.2, -0.15) is 18.3 Å². The van der Waals surface area contributed by atoms with E-state index in [1.54, 1.807) is 13.0 Å². The third kappa shape index (κ3) is 3.16. The van der Waals surface area contributed by atoms with Crippen molar-refractivity contribution >= 4 is 16.9 Å². The number of nitrogens with zero attached hydrogens (tertiary/aromatic N) is 2. The van der Waals surface area contributed by atoms with Gasteiger partial charge in [-0.3, -0.25) is 4.68 Å². The van der Waals surface area contributed by atoms with E-state index in [9.17, 15) is 23.1 Å². The van der Waals surface area contributed by atoms with Crippen molar-refractivity contribution in [1.29, 1.82) is 0 Å². The molecule has 26 heavy (non-hydrogen) atoms. The number of benzene rings is 2. The molecule has 0 unspecified atom stereocenters. The normalized spacial score (nSPS) is 11.9. The largest absolute Gasteiger partial charge is 0.477 e. The number of carbonyl (C=O) groups is 1. The smallest absolute Gasteiger partial charge is 0.416 e. The molecule has 1 heterocycles. The minimum atomic E-state index is -4.38. The standard InChI is InChI=1S/C19H17F3N2O2/c1-3-24-17(18(25)26)16-14(11(2)4-9-15(16)23-24)10-12-5-7-13(8-6-12)19(20,21)22/h4-9H,3,10H2,1-2H3,(H,25,26). The van der Waals surface area contributed by atoms with E-state index in [0.717, 1.165) is 23.3 Å². The van der Waals surface area contributed by atoms with Gasteiger partial charge in [0.05, 0.1) is 11.1 Å². The number of hydrogen-bond acceptors (Lipinski definition) is 2. The minimum Gasteiger partial charge on any atom is -0.477 e. The lowest BCUT2D eigenvalue weighted by Gasteiger charge is -2.11. The summed E-state index contributed by atoms with van der Waals surface area (Å²) in [5.41, 5.74) is 2.27. The van der Waals surface area contributed by atoms with E-state index >= 15 is 0 Å². The summed E-state index contributed by atoms with van der Waals surface area (Å²) in [6.07, 6.45) is -4.05. The second kappa shape index (κ2) is 6.48. The first-order valence-corrected chi connectivity index (χ1v) is 8.10. The van der Waals surface area contributed by atoms with Crippen molar-refractivity contribution in [1.82, 2.24) is 9.78 Å². The fraction of sp³-hybridized carbons (Fsp3) is 0.263. The average Bonchev–Trinajstić information content (AvgIpc) is 2.96. The summed E-state index contributed by atoms with van der Waals surface area (Å²) in [6.45, 7) is 4.07. The van der Waals surface area contributed by atoms with E-state index < -0.39 is 17.7 Å². The molecule has 1 aromatic heterocycles. The van der Waals surface area contributed by atoms with E-state index in [1.807, 2.05) is 13.0 Å². The Bertz CT molecular complexity index is 973. The van der Waals surface area contributed by atoms with Gasteiger partial charge in [-0.25, -0.2) is 4.79 Å². The predicted molar refractivity (Wildman–Crippen MR) is 91.4 cm³/mol. The summed E-state index contributed by atoms with van der Waals surface area (Å²) in [5, 5.41) is 14.5. The van der Waals surface area contributed by atoms with Gasteiger partial charge in [0.2, 0.25) is 0 Å². The third-order valence-corrected chi connectivity index (χ3v) is 4.41. The number of halogens is 3. The van der Waals surface area contributed by atoms with Crippen molar-refractivity contribution in [2.24, 2.45) is 0 Å². The van der Waals surface area contributed by atoms with Crippen LogP contribution < -0.4 is 0 Å². The molecular weight excluding hydrogens is 345 g/mol. The zero-order valence-corrected chi connectivity index (χ0v) is 14.3. The molecule has 1 N–H and O–H groups in total. The summed E-state index contributed by atoms with van der Waals surface area (Å²) in [5.74, 6) is -1.08. The van der Waals surface area contributed by atoms with Gasteiger partial charge in [-0.1, -0.05) is 18.2 Å². The second-order valence-corrected chi connectivity index (χ2v) is 6.10. The SMILES string of the molecule is CCn1nc2ccc(C)c(Cc3ccc(C(F)(F)F)cc3)c2c1C(=O)O. The van der Waals surface area contributed by atoms with Crippen LogP contribution in [0.2, 0.25) is 0 Å². The molecule has 3 rings (SSSR count). The maximum atomic E-state index is 12.7. The fourth-order valence-corrected chi connectivity index (χ4v) is 3.09. The van der Waals surface area contributed by atoms with Crippen molar-refractivity contribution < 1.29 is 23.1 Å². The zero-order valence-electron chi connectivity index (χ0n) is 14.3. The summed E-state index contributed by atoms with van der Waals surface area (Å²) >= 11 is 0. The molecule has 0 amide bonds. The molecular formula is C19H17F3N2O2. The second-order valence-electron chi connectivity index (χ2n) is 6.10. The maximum absolute atomic E-state index is 12.7. The molecule has 136 valence electrons. The van der Waals surface area contributed by atoms with Crippen molar-refractivity contribution in [2.45, 2.75) is 33.0 Å². The molecule has 0 bridgehead atoms. The Labute approximate surface area is 147 Å². The van der Waals surface area contributed by atoms with Crippen molar-refractivity contribution in [3.05, 3.63) is 64.3 Å². The lowest BCUT2D eigenvalue weighted by molar-refractivity contribution is -0.137. The number of hydrogen-bond donors (Lipinski definition) is 1. The molecule has 0 spiro atoms. The Morgan fingerprint density at radius 1 is 1.15 bits per heavy atom. The van der Waals surface area contributed by atoms with Crippen LogP contribution in [0.25, 0.3) is 10.9 Å². The van der Waals surface area contributed by atoms with Crippen LogP contribution in [0.3, 0.4) is 0 Å². The first kappa shape index (κ1) is 18.0. The number of fused-ring (bicyclic) bond motifs is 1. The van der Waals surface area contributed by atoms with Gasteiger partial charge < -0.3 is 5.11 Å². The highest BCUT2D eigenvalue weighted by Gasteiger charge is 2.30. The van der Waals surface area contributed by atoms with Crippen LogP contribution in [-0.2, 0) is 19.1 Å². The molecule has 0 saturated carbocycles. The van der Waals surface area contributed by atoms with E-state index in [4.69, 9.17) is 0 Å². The Morgan fingerprint density at radius 3 is 2.35 bits per heavy atom. The predicted octanol–water partition coefficient (Wildman–Crippen LogP) is 4.67. The Hall–Kier alpha value is -2.83. The first-order valence-electron chi connectivity index (χ1n) is 8.10.